The van der Waals surface area contributed by atoms with Gasteiger partial charge in [0.2, 0.25) is 5.69 Å². The van der Waals surface area contributed by atoms with Gasteiger partial charge in [0.15, 0.2) is 28.9 Å². The van der Waals surface area contributed by atoms with E-state index in [4.69, 9.17) is 11.0 Å². The molecule has 0 bridgehead atoms. The fourth-order valence-electron chi connectivity index (χ4n) is 11.0. The highest BCUT2D eigenvalue weighted by Gasteiger charge is 2.45. The van der Waals surface area contributed by atoms with Crippen LogP contribution in [0.1, 0.15) is 52.6 Å². The highest BCUT2D eigenvalue weighted by atomic mass is 28.3. The minimum Gasteiger partial charge on any atom is -0.455 e. The molecule has 3 aromatic heterocycles. The van der Waals surface area contributed by atoms with E-state index in [0.29, 0.717) is 0 Å². The predicted octanol–water partition coefficient (Wildman–Crippen LogP) is 12.7. The van der Waals surface area contributed by atoms with Crippen molar-refractivity contribution in [1.82, 2.24) is 4.57 Å². The average Bonchev–Trinajstić information content (AvgIpc) is 3.79. The van der Waals surface area contributed by atoms with Crippen molar-refractivity contribution in [2.24, 2.45) is 0 Å². The number of para-hydroxylation sites is 3. The Morgan fingerprint density at radius 1 is 0.717 bits per heavy atom. The first-order chi connectivity index (χ1) is 29.1. The molecule has 11 rings (SSSR count). The zero-order valence-corrected chi connectivity index (χ0v) is 36.5. The van der Waals surface area contributed by atoms with Crippen LogP contribution in [0.4, 0.5) is 0 Å². The van der Waals surface area contributed by atoms with Gasteiger partial charge in [0.25, 0.3) is 0 Å². The number of aryl methyl sites for hydroxylation is 4. The van der Waals surface area contributed by atoms with Gasteiger partial charge in [-0.2, -0.15) is 13.7 Å². The van der Waals surface area contributed by atoms with Crippen LogP contribution in [-0.2, 0) is 6.42 Å². The van der Waals surface area contributed by atoms with Crippen molar-refractivity contribution in [2.45, 2.75) is 71.6 Å². The van der Waals surface area contributed by atoms with Crippen LogP contribution < -0.4 is 14.3 Å². The summed E-state index contributed by atoms with van der Waals surface area (Å²) in [6.07, 6.45) is 5.25. The monoisotopic (exact) mass is 797 g/mol. The third-order valence-corrected chi connectivity index (χ3v) is 15.7. The molecular formula is C55H51N3OSi+2. The summed E-state index contributed by atoms with van der Waals surface area (Å²) >= 11 is 0. The van der Waals surface area contributed by atoms with Crippen molar-refractivity contribution in [3.05, 3.63) is 174 Å². The summed E-state index contributed by atoms with van der Waals surface area (Å²) in [5.74, 6) is 1.39. The third kappa shape index (κ3) is 5.55. The molecule has 2 atom stereocenters. The smallest absolute Gasteiger partial charge is 0.304 e. The van der Waals surface area contributed by atoms with Gasteiger partial charge in [-0.1, -0.05) is 117 Å². The molecule has 2 unspecified atom stereocenters. The maximum atomic E-state index is 7.04. The van der Waals surface area contributed by atoms with Crippen LogP contribution in [0, 0.1) is 20.8 Å². The summed E-state index contributed by atoms with van der Waals surface area (Å²) in [6, 6.07) is 49.5. The number of nitrogens with zero attached hydrogens (tertiary/aromatic N) is 3. The zero-order chi connectivity index (χ0) is 41.0. The second-order valence-corrected chi connectivity index (χ2v) is 23.4. The lowest BCUT2D eigenvalue weighted by atomic mass is 9.77. The molecule has 0 saturated carbocycles. The van der Waals surface area contributed by atoms with E-state index in [2.05, 4.69) is 194 Å². The minimum absolute atomic E-state index is 0.186. The Hall–Kier alpha value is -6.30. The second kappa shape index (κ2) is 13.6. The van der Waals surface area contributed by atoms with Crippen molar-refractivity contribution in [1.29, 1.82) is 0 Å². The SMILES string of the molecule is C=C1CC2C(CCc3ccc4c(oc5ccccc54)c3-c3n1c1ccccc1[n+]3-c1c(C)cc(-c3ccccc3)cc1C)c1ccccc1-c1cc(C)c([Si](C)(C)C)c[n+]12. The van der Waals surface area contributed by atoms with E-state index in [1.165, 1.54) is 61.1 Å². The van der Waals surface area contributed by atoms with Gasteiger partial charge >= 0.3 is 5.82 Å². The molecule has 5 heteroatoms. The lowest BCUT2D eigenvalue weighted by molar-refractivity contribution is -0.716. The first-order valence-corrected chi connectivity index (χ1v) is 25.1. The Kier molecular flexibility index (Phi) is 8.34. The Balaban J connectivity index is 1.23. The highest BCUT2D eigenvalue weighted by Crippen LogP contribution is 2.48. The molecule has 0 radical (unpaired) electrons. The molecule has 0 N–H and O–H groups in total. The highest BCUT2D eigenvalue weighted by molar-refractivity contribution is 6.88. The van der Waals surface area contributed by atoms with Crippen LogP contribution in [0.2, 0.25) is 19.6 Å². The Morgan fingerprint density at radius 2 is 1.43 bits per heavy atom. The van der Waals surface area contributed by atoms with E-state index in [-0.39, 0.29) is 12.0 Å². The quantitative estimate of drug-likeness (QED) is 0.129. The van der Waals surface area contributed by atoms with E-state index in [0.717, 1.165) is 69.3 Å². The van der Waals surface area contributed by atoms with Gasteiger partial charge in [-0.05, 0) is 109 Å². The van der Waals surface area contributed by atoms with Crippen molar-refractivity contribution in [3.63, 3.8) is 0 Å². The Bertz CT molecular complexity index is 3210. The molecule has 2 aliphatic rings. The number of rotatable bonds is 3. The van der Waals surface area contributed by atoms with E-state index in [9.17, 15) is 0 Å². The summed E-state index contributed by atoms with van der Waals surface area (Å²) in [5.41, 5.74) is 19.3. The fourth-order valence-corrected chi connectivity index (χ4v) is 12.7. The van der Waals surface area contributed by atoms with Crippen LogP contribution >= 0.6 is 0 Å². The summed E-state index contributed by atoms with van der Waals surface area (Å²) in [5, 5.41) is 3.81. The van der Waals surface area contributed by atoms with E-state index in [1.54, 1.807) is 0 Å². The van der Waals surface area contributed by atoms with E-state index >= 15 is 0 Å². The van der Waals surface area contributed by atoms with Gasteiger partial charge in [0, 0.05) is 33.5 Å². The molecule has 0 saturated heterocycles. The van der Waals surface area contributed by atoms with Gasteiger partial charge in [0.05, 0.1) is 14.5 Å². The maximum Gasteiger partial charge on any atom is 0.304 e. The number of imidazole rings is 1. The van der Waals surface area contributed by atoms with Gasteiger partial charge < -0.3 is 4.42 Å². The summed E-state index contributed by atoms with van der Waals surface area (Å²) in [7, 11) is -1.66. The number of aromatic nitrogens is 3. The molecular weight excluding hydrogens is 747 g/mol. The van der Waals surface area contributed by atoms with Crippen molar-refractivity contribution < 1.29 is 13.6 Å². The van der Waals surface area contributed by atoms with Crippen LogP contribution in [-0.4, -0.2) is 12.6 Å². The number of pyridine rings is 1. The van der Waals surface area contributed by atoms with Gasteiger partial charge in [-0.3, -0.25) is 0 Å². The largest absolute Gasteiger partial charge is 0.455 e. The number of hydrogen-bond acceptors (Lipinski definition) is 1. The molecule has 2 aliphatic heterocycles. The summed E-state index contributed by atoms with van der Waals surface area (Å²) in [6.45, 7) is 19.4. The Morgan fingerprint density at radius 3 is 2.23 bits per heavy atom. The maximum absolute atomic E-state index is 7.04. The van der Waals surface area contributed by atoms with E-state index in [1.807, 2.05) is 0 Å². The lowest BCUT2D eigenvalue weighted by Gasteiger charge is -2.33. The first-order valence-electron chi connectivity index (χ1n) is 21.6. The number of furan rings is 1. The molecule has 0 amide bonds. The number of allylic oxidation sites excluding steroid dienone is 1. The molecule has 294 valence electrons. The van der Waals surface area contributed by atoms with Crippen LogP contribution in [0.5, 0.6) is 0 Å². The van der Waals surface area contributed by atoms with Gasteiger partial charge in [0.1, 0.15) is 22.5 Å². The molecule has 5 heterocycles. The van der Waals surface area contributed by atoms with Crippen LogP contribution in [0.25, 0.3) is 78.1 Å². The second-order valence-electron chi connectivity index (χ2n) is 18.4. The first kappa shape index (κ1) is 36.8. The molecule has 60 heavy (non-hydrogen) atoms. The zero-order valence-electron chi connectivity index (χ0n) is 35.5. The predicted molar refractivity (Wildman–Crippen MR) is 251 cm³/mol. The molecule has 9 aromatic rings. The normalized spacial score (nSPS) is 16.3. The molecule has 0 fully saturated rings. The van der Waals surface area contributed by atoms with Gasteiger partial charge in [-0.15, -0.1) is 0 Å². The molecule has 0 spiro atoms. The number of hydrogen-bond donors (Lipinski definition) is 0. The summed E-state index contributed by atoms with van der Waals surface area (Å²) < 4.78 is 14.7. The number of fused-ring (bicyclic) bond motifs is 15. The lowest BCUT2D eigenvalue weighted by Crippen LogP contribution is -2.53. The van der Waals surface area contributed by atoms with Crippen molar-refractivity contribution >= 4 is 51.9 Å². The summed E-state index contributed by atoms with van der Waals surface area (Å²) in [4.78, 5) is 0. The molecule has 6 aromatic carbocycles. The van der Waals surface area contributed by atoms with E-state index < -0.39 is 8.07 Å². The molecule has 0 aliphatic carbocycles. The van der Waals surface area contributed by atoms with Gasteiger partial charge in [-0.25, -0.2) is 0 Å². The topological polar surface area (TPSA) is 25.8 Å². The average molecular weight is 798 g/mol. The minimum atomic E-state index is -1.66. The van der Waals surface area contributed by atoms with Crippen molar-refractivity contribution in [2.75, 3.05) is 0 Å². The standard InChI is InChI=1S/C55H51N3OSi/c1-34-31-48-42-20-12-11-19-41(42)43-27-25-39-26-28-45-44-21-13-16-24-50(44)59-54(45)52(39)55-57(37(4)32-49(43)56(48)33-51(34)60(5,6)7)46-22-14-15-23-47(46)58(55)53-35(2)29-40(30-36(53)3)38-17-9-8-10-18-38/h8-24,26,28-31,33,43,49H,4,25,27,32H2,1-3,5-7H3/q+2. The Labute approximate surface area is 353 Å². The fraction of sp³-hybridized carbons (Fsp3) is 0.200. The number of benzene rings is 6. The van der Waals surface area contributed by atoms with Crippen LogP contribution in [0.3, 0.4) is 0 Å². The molecule has 4 nitrogen and oxygen atoms in total. The third-order valence-electron chi connectivity index (χ3n) is 13.5. The van der Waals surface area contributed by atoms with Crippen molar-refractivity contribution in [3.8, 4) is 39.5 Å². The van der Waals surface area contributed by atoms with Crippen LogP contribution in [0.15, 0.2) is 151 Å².